The third kappa shape index (κ3) is 10.9. The summed E-state index contributed by atoms with van der Waals surface area (Å²) in [5.41, 5.74) is 0. The Morgan fingerprint density at radius 1 is 1.50 bits per heavy atom. The van der Waals surface area contributed by atoms with E-state index in [9.17, 15) is 13.0 Å². The first-order valence-electron chi connectivity index (χ1n) is 3.57. The summed E-state index contributed by atoms with van der Waals surface area (Å²) in [7, 11) is -4.09. The van der Waals surface area contributed by atoms with Crippen LogP contribution in [0.5, 0.6) is 0 Å². The summed E-state index contributed by atoms with van der Waals surface area (Å²) in [6.07, 6.45) is 0.759. The monoisotopic (exact) mass is 204 g/mol. The van der Waals surface area contributed by atoms with Crippen LogP contribution in [0.2, 0.25) is 0 Å². The van der Waals surface area contributed by atoms with Crippen molar-refractivity contribution in [1.82, 2.24) is 0 Å². The molecule has 0 aromatic carbocycles. The first-order valence-corrected chi connectivity index (χ1v) is 5.15. The smallest absolute Gasteiger partial charge is 0.748 e. The molecule has 0 aliphatic heterocycles. The molecule has 0 radical (unpaired) electrons. The summed E-state index contributed by atoms with van der Waals surface area (Å²) in [5, 5.41) is 8.96. The van der Waals surface area contributed by atoms with Crippen LogP contribution in [-0.2, 0) is 10.1 Å². The SMILES string of the molecule is CCC(O)CCCS(=O)(=O)[O-].[Na+]. The summed E-state index contributed by atoms with van der Waals surface area (Å²) >= 11 is 0. The molecule has 0 fully saturated rings. The van der Waals surface area contributed by atoms with E-state index < -0.39 is 16.2 Å². The Kier molecular flexibility index (Phi) is 9.32. The van der Waals surface area contributed by atoms with Crippen LogP contribution in [0.1, 0.15) is 26.2 Å². The van der Waals surface area contributed by atoms with E-state index in [2.05, 4.69) is 0 Å². The quantitative estimate of drug-likeness (QED) is 0.384. The van der Waals surface area contributed by atoms with Crippen LogP contribution >= 0.6 is 0 Å². The zero-order valence-corrected chi connectivity index (χ0v) is 10.3. The number of rotatable bonds is 5. The van der Waals surface area contributed by atoms with E-state index in [-0.39, 0.29) is 41.7 Å². The Hall–Kier alpha value is 0.870. The Morgan fingerprint density at radius 2 is 2.00 bits per heavy atom. The number of hydrogen-bond donors (Lipinski definition) is 1. The summed E-state index contributed by atoms with van der Waals surface area (Å²) in [5.74, 6) is -0.371. The topological polar surface area (TPSA) is 77.4 Å². The van der Waals surface area contributed by atoms with E-state index in [1.165, 1.54) is 0 Å². The molecule has 4 nitrogen and oxygen atoms in total. The molecule has 0 aromatic rings. The molecule has 0 aromatic heterocycles. The summed E-state index contributed by atoms with van der Waals surface area (Å²) < 4.78 is 30.2. The first-order chi connectivity index (χ1) is 4.95. The van der Waals surface area contributed by atoms with Crippen molar-refractivity contribution in [3.63, 3.8) is 0 Å². The second-order valence-electron chi connectivity index (χ2n) is 2.47. The van der Waals surface area contributed by atoms with Gasteiger partial charge in [-0.2, -0.15) is 0 Å². The third-order valence-corrected chi connectivity index (χ3v) is 2.19. The van der Waals surface area contributed by atoms with Gasteiger partial charge in [0.15, 0.2) is 0 Å². The second kappa shape index (κ2) is 7.29. The van der Waals surface area contributed by atoms with Crippen molar-refractivity contribution in [2.45, 2.75) is 32.3 Å². The van der Waals surface area contributed by atoms with E-state index >= 15 is 0 Å². The summed E-state index contributed by atoms with van der Waals surface area (Å²) in [6.45, 7) is 1.80. The Morgan fingerprint density at radius 3 is 2.33 bits per heavy atom. The molecular formula is C6H13NaO4S. The minimum Gasteiger partial charge on any atom is -0.748 e. The molecule has 0 rings (SSSR count). The van der Waals surface area contributed by atoms with Gasteiger partial charge in [0.1, 0.15) is 0 Å². The molecule has 68 valence electrons. The van der Waals surface area contributed by atoms with Gasteiger partial charge in [0.05, 0.1) is 16.2 Å². The summed E-state index contributed by atoms with van der Waals surface area (Å²) in [6, 6.07) is 0. The molecule has 1 N–H and O–H groups in total. The van der Waals surface area contributed by atoms with Crippen molar-refractivity contribution >= 4 is 10.1 Å². The molecule has 12 heavy (non-hydrogen) atoms. The maximum absolute atomic E-state index is 10.1. The van der Waals surface area contributed by atoms with Crippen molar-refractivity contribution < 1.29 is 47.6 Å². The third-order valence-electron chi connectivity index (χ3n) is 1.40. The van der Waals surface area contributed by atoms with Gasteiger partial charge in [0.2, 0.25) is 0 Å². The maximum Gasteiger partial charge on any atom is 1.00 e. The van der Waals surface area contributed by atoms with Crippen LogP contribution in [0, 0.1) is 0 Å². The van der Waals surface area contributed by atoms with Crippen molar-refractivity contribution in [2.24, 2.45) is 0 Å². The van der Waals surface area contributed by atoms with E-state index in [1.54, 1.807) is 6.92 Å². The normalized spacial score (nSPS) is 13.6. The van der Waals surface area contributed by atoms with E-state index in [1.807, 2.05) is 0 Å². The van der Waals surface area contributed by atoms with Crippen molar-refractivity contribution in [3.05, 3.63) is 0 Å². The predicted molar refractivity (Wildman–Crippen MR) is 40.1 cm³/mol. The largest absolute Gasteiger partial charge is 1.00 e. The van der Waals surface area contributed by atoms with Crippen LogP contribution in [0.25, 0.3) is 0 Å². The number of hydrogen-bond acceptors (Lipinski definition) is 4. The molecule has 6 heteroatoms. The van der Waals surface area contributed by atoms with E-state index in [4.69, 9.17) is 5.11 Å². The van der Waals surface area contributed by atoms with Crippen LogP contribution in [-0.4, -0.2) is 29.9 Å². The Balaban J connectivity index is 0. The minimum absolute atomic E-state index is 0. The molecule has 1 atom stereocenters. The van der Waals surface area contributed by atoms with Crippen molar-refractivity contribution in [2.75, 3.05) is 5.75 Å². The molecule has 0 aliphatic rings. The van der Waals surface area contributed by atoms with Gasteiger partial charge in [0.25, 0.3) is 0 Å². The van der Waals surface area contributed by atoms with Crippen LogP contribution in [0.15, 0.2) is 0 Å². The second-order valence-corrected chi connectivity index (χ2v) is 3.99. The zero-order valence-electron chi connectivity index (χ0n) is 7.49. The average molecular weight is 204 g/mol. The first kappa shape index (κ1) is 15.3. The van der Waals surface area contributed by atoms with Crippen LogP contribution in [0.3, 0.4) is 0 Å². The minimum atomic E-state index is -4.09. The molecule has 0 bridgehead atoms. The average Bonchev–Trinajstić information content (AvgIpc) is 1.85. The number of aliphatic hydroxyl groups is 1. The fourth-order valence-electron chi connectivity index (χ4n) is 0.700. The van der Waals surface area contributed by atoms with Gasteiger partial charge in [-0.3, -0.25) is 0 Å². The molecule has 0 saturated carbocycles. The Labute approximate surface area is 95.4 Å². The van der Waals surface area contributed by atoms with E-state index in [0.29, 0.717) is 12.8 Å². The van der Waals surface area contributed by atoms with Gasteiger partial charge < -0.3 is 9.66 Å². The van der Waals surface area contributed by atoms with Crippen molar-refractivity contribution in [1.29, 1.82) is 0 Å². The van der Waals surface area contributed by atoms with E-state index in [0.717, 1.165) is 0 Å². The fourth-order valence-corrected chi connectivity index (χ4v) is 1.22. The molecular weight excluding hydrogens is 191 g/mol. The van der Waals surface area contributed by atoms with Crippen LogP contribution in [0.4, 0.5) is 0 Å². The molecule has 1 unspecified atom stereocenters. The van der Waals surface area contributed by atoms with Gasteiger partial charge in [-0.05, 0) is 19.3 Å². The zero-order chi connectivity index (χ0) is 8.91. The van der Waals surface area contributed by atoms with Gasteiger partial charge >= 0.3 is 29.6 Å². The molecule has 0 spiro atoms. The van der Waals surface area contributed by atoms with Gasteiger partial charge in [0, 0.05) is 5.75 Å². The number of aliphatic hydroxyl groups excluding tert-OH is 1. The standard InChI is InChI=1S/C6H14O4S.Na/c1-2-6(7)4-3-5-11(8,9)10;/h6-7H,2-5H2,1H3,(H,8,9,10);/q;+1/p-1. The summed E-state index contributed by atoms with van der Waals surface area (Å²) in [4.78, 5) is 0. The predicted octanol–water partition coefficient (Wildman–Crippen LogP) is -2.91. The maximum atomic E-state index is 10.1. The molecule has 0 amide bonds. The fraction of sp³-hybridized carbons (Fsp3) is 1.00. The van der Waals surface area contributed by atoms with Crippen LogP contribution < -0.4 is 29.6 Å². The molecule has 0 heterocycles. The molecule has 0 aliphatic carbocycles. The van der Waals surface area contributed by atoms with Gasteiger partial charge in [-0.1, -0.05) is 6.92 Å². The van der Waals surface area contributed by atoms with Gasteiger partial charge in [-0.15, -0.1) is 0 Å². The van der Waals surface area contributed by atoms with Gasteiger partial charge in [-0.25, -0.2) is 8.42 Å². The molecule has 0 saturated heterocycles. The van der Waals surface area contributed by atoms with Crippen molar-refractivity contribution in [3.8, 4) is 0 Å². The Bertz CT molecular complexity index is 190.